The highest BCUT2D eigenvalue weighted by atomic mass is 79.9. The van der Waals surface area contributed by atoms with E-state index in [0.29, 0.717) is 15.7 Å². The molecule has 0 aliphatic carbocycles. The highest BCUT2D eigenvalue weighted by molar-refractivity contribution is 9.10. The standard InChI is InChI=1S/C14H17BrCl2N2O/c1-2-14(3-5-18-6-4-14)13(20)19-12-10(16)7-9(15)8-11(12)17/h7-8,18H,2-6H2,1H3,(H,19,20). The molecule has 1 fully saturated rings. The Balaban J connectivity index is 2.23. The van der Waals surface area contributed by atoms with Gasteiger partial charge in [0.25, 0.3) is 0 Å². The first-order valence-electron chi connectivity index (χ1n) is 6.65. The summed E-state index contributed by atoms with van der Waals surface area (Å²) in [5, 5.41) is 7.09. The molecule has 0 saturated carbocycles. The van der Waals surface area contributed by atoms with Crippen molar-refractivity contribution in [2.45, 2.75) is 26.2 Å². The van der Waals surface area contributed by atoms with E-state index in [9.17, 15) is 4.79 Å². The van der Waals surface area contributed by atoms with Gasteiger partial charge in [0.15, 0.2) is 0 Å². The van der Waals surface area contributed by atoms with Gasteiger partial charge < -0.3 is 10.6 Å². The largest absolute Gasteiger partial charge is 0.323 e. The van der Waals surface area contributed by atoms with E-state index in [1.807, 2.05) is 0 Å². The van der Waals surface area contributed by atoms with Crippen molar-refractivity contribution in [2.75, 3.05) is 18.4 Å². The number of nitrogens with one attached hydrogen (secondary N) is 2. The lowest BCUT2D eigenvalue weighted by Crippen LogP contribution is -2.44. The SMILES string of the molecule is CCC1(C(=O)Nc2c(Cl)cc(Br)cc2Cl)CCNCC1. The van der Waals surface area contributed by atoms with E-state index in [2.05, 4.69) is 33.5 Å². The Bertz CT molecular complexity index is 493. The quantitative estimate of drug-likeness (QED) is 0.813. The zero-order valence-electron chi connectivity index (χ0n) is 11.2. The molecule has 0 unspecified atom stereocenters. The van der Waals surface area contributed by atoms with Gasteiger partial charge in [-0.1, -0.05) is 46.1 Å². The molecule has 0 bridgehead atoms. The van der Waals surface area contributed by atoms with Crippen LogP contribution >= 0.6 is 39.1 Å². The van der Waals surface area contributed by atoms with Gasteiger partial charge in [-0.2, -0.15) is 0 Å². The van der Waals surface area contributed by atoms with Crippen LogP contribution in [0, 0.1) is 5.41 Å². The third kappa shape index (κ3) is 3.30. The molecule has 0 spiro atoms. The maximum Gasteiger partial charge on any atom is 0.230 e. The van der Waals surface area contributed by atoms with E-state index in [1.54, 1.807) is 12.1 Å². The molecule has 2 N–H and O–H groups in total. The summed E-state index contributed by atoms with van der Waals surface area (Å²) in [5.41, 5.74) is 0.165. The number of carbonyl (C=O) groups is 1. The third-order valence-electron chi connectivity index (χ3n) is 3.96. The number of piperidine rings is 1. The molecule has 1 saturated heterocycles. The third-order valence-corrected chi connectivity index (χ3v) is 5.02. The summed E-state index contributed by atoms with van der Waals surface area (Å²) in [4.78, 5) is 12.6. The second-order valence-electron chi connectivity index (χ2n) is 5.08. The van der Waals surface area contributed by atoms with Crippen molar-refractivity contribution in [1.82, 2.24) is 5.32 Å². The summed E-state index contributed by atoms with van der Waals surface area (Å²) in [5.74, 6) is 0.00706. The van der Waals surface area contributed by atoms with E-state index in [0.717, 1.165) is 36.8 Å². The van der Waals surface area contributed by atoms with E-state index in [1.165, 1.54) is 0 Å². The summed E-state index contributed by atoms with van der Waals surface area (Å²) >= 11 is 15.7. The minimum absolute atomic E-state index is 0.00706. The number of halogens is 3. The lowest BCUT2D eigenvalue weighted by molar-refractivity contribution is -0.127. The number of hydrogen-bond acceptors (Lipinski definition) is 2. The predicted molar refractivity (Wildman–Crippen MR) is 87.6 cm³/mol. The van der Waals surface area contributed by atoms with Gasteiger partial charge in [0.2, 0.25) is 5.91 Å². The van der Waals surface area contributed by atoms with Crippen LogP contribution in [0.4, 0.5) is 5.69 Å². The molecule has 0 atom stereocenters. The first-order chi connectivity index (χ1) is 9.48. The van der Waals surface area contributed by atoms with Crippen LogP contribution in [0.5, 0.6) is 0 Å². The van der Waals surface area contributed by atoms with Gasteiger partial charge in [0.1, 0.15) is 0 Å². The fraction of sp³-hybridized carbons (Fsp3) is 0.500. The zero-order valence-corrected chi connectivity index (χ0v) is 14.3. The lowest BCUT2D eigenvalue weighted by atomic mass is 9.76. The molecule has 0 aromatic heterocycles. The van der Waals surface area contributed by atoms with Crippen molar-refractivity contribution in [1.29, 1.82) is 0 Å². The van der Waals surface area contributed by atoms with Gasteiger partial charge in [-0.25, -0.2) is 0 Å². The second kappa shape index (κ2) is 6.65. The first-order valence-corrected chi connectivity index (χ1v) is 8.20. The Morgan fingerprint density at radius 2 is 1.90 bits per heavy atom. The van der Waals surface area contributed by atoms with Gasteiger partial charge in [0, 0.05) is 4.47 Å². The van der Waals surface area contributed by atoms with E-state index >= 15 is 0 Å². The van der Waals surface area contributed by atoms with E-state index in [-0.39, 0.29) is 11.3 Å². The molecule has 1 aromatic carbocycles. The van der Waals surface area contributed by atoms with Crippen molar-refractivity contribution in [3.8, 4) is 0 Å². The minimum atomic E-state index is -0.328. The molecule has 1 aliphatic heterocycles. The van der Waals surface area contributed by atoms with Gasteiger partial charge in [-0.15, -0.1) is 0 Å². The fourth-order valence-corrected chi connectivity index (χ4v) is 3.86. The Morgan fingerprint density at radius 1 is 1.35 bits per heavy atom. The molecule has 1 aromatic rings. The van der Waals surface area contributed by atoms with E-state index in [4.69, 9.17) is 23.2 Å². The molecule has 2 rings (SSSR count). The van der Waals surface area contributed by atoms with Crippen LogP contribution in [0.2, 0.25) is 10.0 Å². The number of benzene rings is 1. The second-order valence-corrected chi connectivity index (χ2v) is 6.81. The topological polar surface area (TPSA) is 41.1 Å². The summed E-state index contributed by atoms with van der Waals surface area (Å²) in [6.07, 6.45) is 2.48. The molecule has 6 heteroatoms. The van der Waals surface area contributed by atoms with Crippen LogP contribution in [-0.2, 0) is 4.79 Å². The summed E-state index contributed by atoms with van der Waals surface area (Å²) in [6, 6.07) is 3.45. The molecular formula is C14H17BrCl2N2O. The molecule has 3 nitrogen and oxygen atoms in total. The summed E-state index contributed by atoms with van der Waals surface area (Å²) in [7, 11) is 0. The first kappa shape index (κ1) is 16.1. The van der Waals surface area contributed by atoms with E-state index < -0.39 is 0 Å². The Morgan fingerprint density at radius 3 is 2.40 bits per heavy atom. The van der Waals surface area contributed by atoms with Crippen LogP contribution in [0.3, 0.4) is 0 Å². The van der Waals surface area contributed by atoms with Crippen LogP contribution in [0.1, 0.15) is 26.2 Å². The van der Waals surface area contributed by atoms with Crippen molar-refractivity contribution >= 4 is 50.7 Å². The van der Waals surface area contributed by atoms with Crippen LogP contribution < -0.4 is 10.6 Å². The Kier molecular flexibility index (Phi) is 5.35. The smallest absolute Gasteiger partial charge is 0.230 e. The van der Waals surface area contributed by atoms with Crippen molar-refractivity contribution < 1.29 is 4.79 Å². The Labute approximate surface area is 137 Å². The molecule has 20 heavy (non-hydrogen) atoms. The Hall–Kier alpha value is -0.290. The van der Waals surface area contributed by atoms with Gasteiger partial charge in [0.05, 0.1) is 21.1 Å². The highest BCUT2D eigenvalue weighted by Crippen LogP contribution is 2.38. The zero-order chi connectivity index (χ0) is 14.8. The number of anilines is 1. The molecule has 1 amide bonds. The summed E-state index contributed by atoms with van der Waals surface area (Å²) < 4.78 is 0.789. The molecule has 110 valence electrons. The average Bonchev–Trinajstić information content (AvgIpc) is 2.43. The van der Waals surface area contributed by atoms with Crippen LogP contribution in [0.25, 0.3) is 0 Å². The monoisotopic (exact) mass is 378 g/mol. The van der Waals surface area contributed by atoms with Crippen molar-refractivity contribution in [3.63, 3.8) is 0 Å². The maximum atomic E-state index is 12.6. The minimum Gasteiger partial charge on any atom is -0.323 e. The highest BCUT2D eigenvalue weighted by Gasteiger charge is 2.38. The van der Waals surface area contributed by atoms with Crippen molar-refractivity contribution in [3.05, 3.63) is 26.7 Å². The predicted octanol–water partition coefficient (Wildman–Crippen LogP) is 4.47. The van der Waals surface area contributed by atoms with Crippen LogP contribution in [0.15, 0.2) is 16.6 Å². The number of carbonyl (C=O) groups excluding carboxylic acids is 1. The number of rotatable bonds is 3. The molecule has 1 heterocycles. The van der Waals surface area contributed by atoms with Crippen LogP contribution in [-0.4, -0.2) is 19.0 Å². The summed E-state index contributed by atoms with van der Waals surface area (Å²) in [6.45, 7) is 3.78. The molecule has 0 radical (unpaired) electrons. The number of hydrogen-bond donors (Lipinski definition) is 2. The van der Waals surface area contributed by atoms with Gasteiger partial charge in [-0.05, 0) is 44.5 Å². The maximum absolute atomic E-state index is 12.6. The number of amides is 1. The fourth-order valence-electron chi connectivity index (χ4n) is 2.55. The average molecular weight is 380 g/mol. The molecular weight excluding hydrogens is 363 g/mol. The lowest BCUT2D eigenvalue weighted by Gasteiger charge is -2.35. The molecule has 1 aliphatic rings. The normalized spacial score (nSPS) is 17.8. The van der Waals surface area contributed by atoms with Gasteiger partial charge >= 0.3 is 0 Å². The van der Waals surface area contributed by atoms with Gasteiger partial charge in [-0.3, -0.25) is 4.79 Å². The van der Waals surface area contributed by atoms with Crippen molar-refractivity contribution in [2.24, 2.45) is 5.41 Å².